The number of halogens is 1. The van der Waals surface area contributed by atoms with E-state index in [9.17, 15) is 20.0 Å². The highest BCUT2D eigenvalue weighted by atomic mass is 35.5. The lowest BCUT2D eigenvalue weighted by Gasteiger charge is -2.07. The topological polar surface area (TPSA) is 105 Å². The van der Waals surface area contributed by atoms with Crippen molar-refractivity contribution in [1.82, 2.24) is 5.43 Å². The molecule has 2 N–H and O–H groups in total. The number of thioether (sulfide) groups is 1. The van der Waals surface area contributed by atoms with Crippen LogP contribution in [0, 0.1) is 10.1 Å². The van der Waals surface area contributed by atoms with Gasteiger partial charge in [-0.15, -0.1) is 11.8 Å². The summed E-state index contributed by atoms with van der Waals surface area (Å²) in [6.07, 6.45) is 3.27. The number of nitro groups is 1. The molecule has 0 aliphatic rings. The van der Waals surface area contributed by atoms with Crippen molar-refractivity contribution in [2.75, 3.05) is 6.26 Å². The van der Waals surface area contributed by atoms with Crippen molar-refractivity contribution in [3.8, 4) is 5.75 Å². The zero-order valence-corrected chi connectivity index (χ0v) is 14.7. The molecule has 2 aromatic rings. The predicted molar refractivity (Wildman–Crippen MR) is 97.4 cm³/mol. The Morgan fingerprint density at radius 2 is 2.16 bits per heavy atom. The maximum atomic E-state index is 12.0. The van der Waals surface area contributed by atoms with Crippen LogP contribution in [0.5, 0.6) is 5.75 Å². The minimum Gasteiger partial charge on any atom is -0.502 e. The van der Waals surface area contributed by atoms with Gasteiger partial charge in [-0.25, -0.2) is 5.43 Å². The van der Waals surface area contributed by atoms with Gasteiger partial charge in [-0.05, 0) is 42.2 Å². The number of hydrogen-bond acceptors (Lipinski definition) is 6. The fourth-order valence-corrected chi connectivity index (χ4v) is 2.84. The second kappa shape index (κ2) is 8.50. The standard InChI is InChI=1S/C16H14ClN3O4S/c1-25-15-5-3-12(17)7-11(15)8-16(22)19-18-9-10-2-4-14(21)13(6-10)20(23)24/h2-7,9,21H,8H2,1H3,(H,19,22)/b18-9-. The monoisotopic (exact) mass is 379 g/mol. The van der Waals surface area contributed by atoms with E-state index in [4.69, 9.17) is 11.6 Å². The Morgan fingerprint density at radius 1 is 1.40 bits per heavy atom. The Kier molecular flexibility index (Phi) is 6.37. The highest BCUT2D eigenvalue weighted by Crippen LogP contribution is 2.26. The number of rotatable bonds is 6. The summed E-state index contributed by atoms with van der Waals surface area (Å²) in [5.41, 5.74) is 3.09. The van der Waals surface area contributed by atoms with Gasteiger partial charge in [0.15, 0.2) is 5.75 Å². The Morgan fingerprint density at radius 3 is 2.84 bits per heavy atom. The van der Waals surface area contributed by atoms with Crippen LogP contribution in [0.2, 0.25) is 5.02 Å². The molecule has 0 saturated carbocycles. The summed E-state index contributed by atoms with van der Waals surface area (Å²) >= 11 is 7.46. The first-order valence-corrected chi connectivity index (χ1v) is 8.62. The molecule has 0 saturated heterocycles. The van der Waals surface area contributed by atoms with Crippen LogP contribution in [0.3, 0.4) is 0 Å². The Hall–Kier alpha value is -2.58. The van der Waals surface area contributed by atoms with Gasteiger partial charge >= 0.3 is 5.69 Å². The normalized spacial score (nSPS) is 10.8. The number of carbonyl (C=O) groups is 1. The highest BCUT2D eigenvalue weighted by Gasteiger charge is 2.13. The third-order valence-corrected chi connectivity index (χ3v) is 4.27. The van der Waals surface area contributed by atoms with Crippen LogP contribution in [-0.4, -0.2) is 28.4 Å². The molecule has 0 aliphatic carbocycles. The summed E-state index contributed by atoms with van der Waals surface area (Å²) in [5, 5.41) is 24.5. The van der Waals surface area contributed by atoms with Crippen LogP contribution in [0.1, 0.15) is 11.1 Å². The van der Waals surface area contributed by atoms with E-state index in [0.29, 0.717) is 10.6 Å². The van der Waals surface area contributed by atoms with Crippen molar-refractivity contribution < 1.29 is 14.8 Å². The summed E-state index contributed by atoms with van der Waals surface area (Å²) in [5.74, 6) is -0.779. The average Bonchev–Trinajstić information content (AvgIpc) is 2.56. The van der Waals surface area contributed by atoms with Gasteiger partial charge in [-0.2, -0.15) is 5.10 Å². The lowest BCUT2D eigenvalue weighted by Crippen LogP contribution is -2.20. The molecule has 0 fully saturated rings. The van der Waals surface area contributed by atoms with Crippen molar-refractivity contribution in [2.45, 2.75) is 11.3 Å². The van der Waals surface area contributed by atoms with E-state index in [1.165, 1.54) is 30.1 Å². The van der Waals surface area contributed by atoms with Crippen molar-refractivity contribution in [3.63, 3.8) is 0 Å². The number of aromatic hydroxyl groups is 1. The van der Waals surface area contributed by atoms with Gasteiger partial charge in [-0.3, -0.25) is 14.9 Å². The van der Waals surface area contributed by atoms with Crippen molar-refractivity contribution in [2.24, 2.45) is 5.10 Å². The molecule has 7 nitrogen and oxygen atoms in total. The molecule has 0 spiro atoms. The zero-order chi connectivity index (χ0) is 18.4. The summed E-state index contributed by atoms with van der Waals surface area (Å²) in [4.78, 5) is 23.0. The van der Waals surface area contributed by atoms with Gasteiger partial charge in [-0.1, -0.05) is 11.6 Å². The fourth-order valence-electron chi connectivity index (χ4n) is 2.04. The van der Waals surface area contributed by atoms with Gasteiger partial charge in [0, 0.05) is 21.5 Å². The molecule has 0 aliphatic heterocycles. The van der Waals surface area contributed by atoms with Crippen LogP contribution in [0.25, 0.3) is 0 Å². The van der Waals surface area contributed by atoms with E-state index in [0.717, 1.165) is 16.5 Å². The SMILES string of the molecule is CSc1ccc(Cl)cc1CC(=O)N/N=C\c1ccc(O)c([N+](=O)[O-])c1. The van der Waals surface area contributed by atoms with Gasteiger partial charge in [0.1, 0.15) is 0 Å². The Bertz CT molecular complexity index is 842. The molecule has 0 bridgehead atoms. The number of phenols is 1. The fraction of sp³-hybridized carbons (Fsp3) is 0.125. The van der Waals surface area contributed by atoms with Gasteiger partial charge in [0.2, 0.25) is 5.91 Å². The molecule has 0 aromatic heterocycles. The van der Waals surface area contributed by atoms with Gasteiger partial charge in [0.25, 0.3) is 0 Å². The Labute approximate surface area is 152 Å². The minimum absolute atomic E-state index is 0.101. The molecule has 0 atom stereocenters. The zero-order valence-electron chi connectivity index (χ0n) is 13.1. The number of amides is 1. The Balaban J connectivity index is 2.03. The van der Waals surface area contributed by atoms with Crippen LogP contribution in [0.15, 0.2) is 46.4 Å². The number of nitrogens with one attached hydrogen (secondary N) is 1. The number of nitro benzene ring substituents is 1. The van der Waals surface area contributed by atoms with Crippen LogP contribution >= 0.6 is 23.4 Å². The van der Waals surface area contributed by atoms with Crippen LogP contribution in [-0.2, 0) is 11.2 Å². The summed E-state index contributed by atoms with van der Waals surface area (Å²) in [7, 11) is 0. The third-order valence-electron chi connectivity index (χ3n) is 3.19. The summed E-state index contributed by atoms with van der Waals surface area (Å²) in [6, 6.07) is 9.12. The smallest absolute Gasteiger partial charge is 0.311 e. The molecular formula is C16H14ClN3O4S. The lowest BCUT2D eigenvalue weighted by atomic mass is 10.1. The van der Waals surface area contributed by atoms with Crippen LogP contribution < -0.4 is 5.43 Å². The summed E-state index contributed by atoms with van der Waals surface area (Å²) in [6.45, 7) is 0. The van der Waals surface area contributed by atoms with Crippen molar-refractivity contribution >= 4 is 41.2 Å². The van der Waals surface area contributed by atoms with Gasteiger partial charge < -0.3 is 5.11 Å². The number of carbonyl (C=O) groups excluding carboxylic acids is 1. The molecule has 0 heterocycles. The molecular weight excluding hydrogens is 366 g/mol. The molecule has 0 unspecified atom stereocenters. The summed E-state index contributed by atoms with van der Waals surface area (Å²) < 4.78 is 0. The second-order valence-corrected chi connectivity index (χ2v) is 6.22. The number of hydrogen-bond donors (Lipinski definition) is 2. The third kappa shape index (κ3) is 5.20. The highest BCUT2D eigenvalue weighted by molar-refractivity contribution is 7.98. The van der Waals surface area contributed by atoms with E-state index in [2.05, 4.69) is 10.5 Å². The first kappa shape index (κ1) is 18.8. The van der Waals surface area contributed by atoms with E-state index in [1.807, 2.05) is 12.3 Å². The van der Waals surface area contributed by atoms with E-state index >= 15 is 0 Å². The first-order valence-electron chi connectivity index (χ1n) is 7.02. The first-order chi connectivity index (χ1) is 11.9. The van der Waals surface area contributed by atoms with Crippen LogP contribution in [0.4, 0.5) is 5.69 Å². The number of nitrogens with zero attached hydrogens (tertiary/aromatic N) is 2. The van der Waals surface area contributed by atoms with Crippen molar-refractivity contribution in [3.05, 3.63) is 62.7 Å². The van der Waals surface area contributed by atoms with Gasteiger partial charge in [0.05, 0.1) is 17.6 Å². The minimum atomic E-state index is -0.700. The maximum Gasteiger partial charge on any atom is 0.311 e. The second-order valence-electron chi connectivity index (χ2n) is 4.93. The average molecular weight is 380 g/mol. The largest absolute Gasteiger partial charge is 0.502 e. The molecule has 9 heteroatoms. The number of hydrazone groups is 1. The predicted octanol–water partition coefficient (Wildman–Crippen LogP) is 3.37. The molecule has 130 valence electrons. The number of phenolic OH excluding ortho intramolecular Hbond substituents is 1. The lowest BCUT2D eigenvalue weighted by molar-refractivity contribution is -0.385. The number of benzene rings is 2. The quantitative estimate of drug-likeness (QED) is 0.346. The molecule has 0 radical (unpaired) electrons. The van der Waals surface area contributed by atoms with E-state index in [1.54, 1.807) is 12.1 Å². The van der Waals surface area contributed by atoms with E-state index in [-0.39, 0.29) is 12.3 Å². The molecule has 2 rings (SSSR count). The van der Waals surface area contributed by atoms with E-state index < -0.39 is 16.4 Å². The molecule has 1 amide bonds. The van der Waals surface area contributed by atoms with Crippen molar-refractivity contribution in [1.29, 1.82) is 0 Å². The maximum absolute atomic E-state index is 12.0. The molecule has 25 heavy (non-hydrogen) atoms. The molecule has 2 aromatic carbocycles.